The van der Waals surface area contributed by atoms with Crippen molar-refractivity contribution in [2.45, 2.75) is 0 Å². The first-order valence-corrected chi connectivity index (χ1v) is 9.29. The largest absolute Gasteiger partial charge is 0.496 e. The fourth-order valence-electron chi connectivity index (χ4n) is 3.13. The number of esters is 2. The van der Waals surface area contributed by atoms with Crippen LogP contribution in [0.25, 0.3) is 0 Å². The van der Waals surface area contributed by atoms with Crippen LogP contribution < -0.4 is 15.0 Å². The fraction of sp³-hybridized carbons (Fsp3) is 0.227. The summed E-state index contributed by atoms with van der Waals surface area (Å²) in [5.74, 6) is -1.31. The van der Waals surface area contributed by atoms with E-state index in [1.54, 1.807) is 48.5 Å². The van der Waals surface area contributed by atoms with Gasteiger partial charge in [-0.15, -0.1) is 0 Å². The number of methoxy groups -OCH3 is 3. The molecule has 0 unspecified atom stereocenters. The molecule has 0 aliphatic carbocycles. The van der Waals surface area contributed by atoms with Crippen LogP contribution in [0.3, 0.4) is 0 Å². The Bertz CT molecular complexity index is 1030. The molecule has 0 aromatic heterocycles. The first-order valence-electron chi connectivity index (χ1n) is 9.29. The van der Waals surface area contributed by atoms with Gasteiger partial charge in [-0.1, -0.05) is 18.2 Å². The predicted octanol–water partition coefficient (Wildman–Crippen LogP) is 2.34. The molecule has 162 valence electrons. The number of para-hydroxylation sites is 1. The van der Waals surface area contributed by atoms with Gasteiger partial charge >= 0.3 is 11.9 Å². The molecule has 2 aromatic carbocycles. The van der Waals surface area contributed by atoms with Crippen molar-refractivity contribution in [3.8, 4) is 5.75 Å². The molecular formula is C22H22N2O7. The number of rotatable bonds is 6. The van der Waals surface area contributed by atoms with Gasteiger partial charge in [0, 0.05) is 11.4 Å². The van der Waals surface area contributed by atoms with Crippen molar-refractivity contribution >= 4 is 29.2 Å². The molecule has 0 atom stereocenters. The summed E-state index contributed by atoms with van der Waals surface area (Å²) < 4.78 is 20.3. The smallest absolute Gasteiger partial charge is 0.355 e. The first-order chi connectivity index (χ1) is 15.0. The van der Waals surface area contributed by atoms with E-state index in [-0.39, 0.29) is 30.5 Å². The van der Waals surface area contributed by atoms with Gasteiger partial charge in [-0.25, -0.2) is 9.59 Å². The second-order valence-electron chi connectivity index (χ2n) is 6.42. The van der Waals surface area contributed by atoms with E-state index < -0.39 is 11.9 Å². The minimum absolute atomic E-state index is 0.00877. The molecule has 1 heterocycles. The molecule has 1 aliphatic rings. The van der Waals surface area contributed by atoms with Crippen molar-refractivity contribution in [2.75, 3.05) is 44.9 Å². The van der Waals surface area contributed by atoms with Crippen LogP contribution in [0, 0.1) is 0 Å². The van der Waals surface area contributed by atoms with Gasteiger partial charge in [0.1, 0.15) is 18.2 Å². The quantitative estimate of drug-likeness (QED) is 0.702. The summed E-state index contributed by atoms with van der Waals surface area (Å²) in [6.07, 6.45) is 0. The third kappa shape index (κ3) is 4.67. The molecule has 9 heteroatoms. The van der Waals surface area contributed by atoms with Crippen LogP contribution in [0.2, 0.25) is 0 Å². The Kier molecular flexibility index (Phi) is 6.88. The molecule has 0 spiro atoms. The van der Waals surface area contributed by atoms with Crippen LogP contribution in [-0.4, -0.2) is 52.5 Å². The van der Waals surface area contributed by atoms with Crippen LogP contribution in [-0.2, 0) is 23.8 Å². The predicted molar refractivity (Wildman–Crippen MR) is 112 cm³/mol. The summed E-state index contributed by atoms with van der Waals surface area (Å²) in [6.45, 7) is -0.0767. The molecule has 9 nitrogen and oxygen atoms in total. The van der Waals surface area contributed by atoms with E-state index >= 15 is 0 Å². The summed E-state index contributed by atoms with van der Waals surface area (Å²) in [6, 6.07) is 13.6. The van der Waals surface area contributed by atoms with Gasteiger partial charge in [0.15, 0.2) is 0 Å². The number of hydrogen-bond acceptors (Lipinski definition) is 8. The lowest BCUT2D eigenvalue weighted by Gasteiger charge is -2.31. The SMILES string of the molecule is COC(=O)C1=C(C(=O)OC)N(c2cccc(NC(=O)c3ccccc3OC)c2)COC1. The summed E-state index contributed by atoms with van der Waals surface area (Å²) in [5.41, 5.74) is 1.43. The zero-order chi connectivity index (χ0) is 22.4. The molecule has 0 saturated carbocycles. The molecular weight excluding hydrogens is 404 g/mol. The van der Waals surface area contributed by atoms with Gasteiger partial charge in [-0.3, -0.25) is 4.79 Å². The maximum atomic E-state index is 12.7. The molecule has 0 fully saturated rings. The summed E-state index contributed by atoms with van der Waals surface area (Å²) in [5, 5.41) is 2.81. The van der Waals surface area contributed by atoms with Crippen molar-refractivity contribution in [2.24, 2.45) is 0 Å². The number of nitrogens with one attached hydrogen (secondary N) is 1. The van der Waals surface area contributed by atoms with Crippen molar-refractivity contribution in [1.82, 2.24) is 0 Å². The second-order valence-corrected chi connectivity index (χ2v) is 6.42. The van der Waals surface area contributed by atoms with Gasteiger partial charge < -0.3 is 29.2 Å². The lowest BCUT2D eigenvalue weighted by Crippen LogP contribution is -2.38. The minimum atomic E-state index is -0.702. The zero-order valence-corrected chi connectivity index (χ0v) is 17.3. The highest BCUT2D eigenvalue weighted by Crippen LogP contribution is 2.29. The van der Waals surface area contributed by atoms with Gasteiger partial charge in [0.2, 0.25) is 0 Å². The summed E-state index contributed by atoms with van der Waals surface area (Å²) in [4.78, 5) is 38.8. The van der Waals surface area contributed by atoms with E-state index in [1.165, 1.54) is 26.2 Å². The molecule has 1 amide bonds. The van der Waals surface area contributed by atoms with Crippen molar-refractivity contribution < 1.29 is 33.3 Å². The van der Waals surface area contributed by atoms with E-state index in [9.17, 15) is 14.4 Å². The van der Waals surface area contributed by atoms with Crippen LogP contribution in [0.15, 0.2) is 59.8 Å². The lowest BCUT2D eigenvalue weighted by molar-refractivity contribution is -0.140. The van der Waals surface area contributed by atoms with Gasteiger partial charge in [-0.05, 0) is 30.3 Å². The monoisotopic (exact) mass is 426 g/mol. The molecule has 0 bridgehead atoms. The number of carbonyl (C=O) groups excluding carboxylic acids is 3. The number of hydrogen-bond donors (Lipinski definition) is 1. The first kappa shape index (κ1) is 21.8. The number of nitrogens with zero attached hydrogens (tertiary/aromatic N) is 1. The maximum absolute atomic E-state index is 12.7. The Morgan fingerprint density at radius 3 is 2.42 bits per heavy atom. The normalized spacial score (nSPS) is 13.5. The average Bonchev–Trinajstić information content (AvgIpc) is 2.82. The average molecular weight is 426 g/mol. The lowest BCUT2D eigenvalue weighted by atomic mass is 10.1. The molecule has 31 heavy (non-hydrogen) atoms. The number of anilines is 2. The van der Waals surface area contributed by atoms with E-state index in [0.717, 1.165) is 0 Å². The Hall–Kier alpha value is -3.85. The highest BCUT2D eigenvalue weighted by Gasteiger charge is 2.32. The minimum Gasteiger partial charge on any atom is -0.496 e. The third-order valence-electron chi connectivity index (χ3n) is 4.60. The Labute approximate surface area is 179 Å². The van der Waals surface area contributed by atoms with Crippen LogP contribution in [0.1, 0.15) is 10.4 Å². The number of carbonyl (C=O) groups is 3. The van der Waals surface area contributed by atoms with Gasteiger partial charge in [0.25, 0.3) is 5.91 Å². The molecule has 0 radical (unpaired) electrons. The van der Waals surface area contributed by atoms with E-state index in [4.69, 9.17) is 18.9 Å². The second kappa shape index (κ2) is 9.77. The van der Waals surface area contributed by atoms with Crippen molar-refractivity contribution in [3.05, 3.63) is 65.4 Å². The van der Waals surface area contributed by atoms with Crippen molar-refractivity contribution in [1.29, 1.82) is 0 Å². The Morgan fingerprint density at radius 1 is 0.968 bits per heavy atom. The zero-order valence-electron chi connectivity index (χ0n) is 17.3. The highest BCUT2D eigenvalue weighted by molar-refractivity contribution is 6.07. The van der Waals surface area contributed by atoms with Crippen LogP contribution in [0.5, 0.6) is 5.75 Å². The van der Waals surface area contributed by atoms with Gasteiger partial charge in [-0.2, -0.15) is 0 Å². The van der Waals surface area contributed by atoms with Crippen molar-refractivity contribution in [3.63, 3.8) is 0 Å². The summed E-state index contributed by atoms with van der Waals surface area (Å²) in [7, 11) is 3.93. The van der Waals surface area contributed by atoms with E-state index in [1.807, 2.05) is 0 Å². The Balaban J connectivity index is 1.93. The number of amides is 1. The molecule has 2 aromatic rings. The van der Waals surface area contributed by atoms with Crippen LogP contribution in [0.4, 0.5) is 11.4 Å². The number of benzene rings is 2. The molecule has 1 N–H and O–H groups in total. The van der Waals surface area contributed by atoms with E-state index in [2.05, 4.69) is 5.32 Å². The molecule has 1 aliphatic heterocycles. The maximum Gasteiger partial charge on any atom is 0.355 e. The standard InChI is InChI=1S/C22H22N2O7/c1-28-18-10-5-4-9-16(18)20(25)23-14-7-6-8-15(11-14)24-13-31-12-17(21(26)29-2)19(24)22(27)30-3/h4-11H,12-13H2,1-3H3,(H,23,25). The molecule has 0 saturated heterocycles. The highest BCUT2D eigenvalue weighted by atomic mass is 16.5. The summed E-state index contributed by atoms with van der Waals surface area (Å²) >= 11 is 0. The fourth-order valence-corrected chi connectivity index (χ4v) is 3.13. The van der Waals surface area contributed by atoms with E-state index in [0.29, 0.717) is 22.7 Å². The third-order valence-corrected chi connectivity index (χ3v) is 4.60. The van der Waals surface area contributed by atoms with Crippen LogP contribution >= 0.6 is 0 Å². The Morgan fingerprint density at radius 2 is 1.71 bits per heavy atom. The number of ether oxygens (including phenoxy) is 4. The topological polar surface area (TPSA) is 103 Å². The molecule has 3 rings (SSSR count). The van der Waals surface area contributed by atoms with Gasteiger partial charge in [0.05, 0.1) is 39.1 Å².